The topological polar surface area (TPSA) is 42.7 Å². The van der Waals surface area contributed by atoms with Gasteiger partial charge < -0.3 is 9.88 Å². The highest BCUT2D eigenvalue weighted by Gasteiger charge is 2.08. The van der Waals surface area contributed by atoms with Gasteiger partial charge in [-0.1, -0.05) is 25.1 Å². The first-order valence-electron chi connectivity index (χ1n) is 6.89. The Bertz CT molecular complexity index is 730. The normalized spacial score (nSPS) is 11.1. The van der Waals surface area contributed by atoms with Gasteiger partial charge in [-0.15, -0.1) is 0 Å². The number of nitrogens with one attached hydrogen (secondary N) is 1. The van der Waals surface area contributed by atoms with Crippen molar-refractivity contribution < 1.29 is 0 Å². The molecule has 1 N–H and O–H groups in total. The van der Waals surface area contributed by atoms with Crippen LogP contribution in [0.2, 0.25) is 0 Å². The van der Waals surface area contributed by atoms with E-state index < -0.39 is 0 Å². The average molecular weight is 266 g/mol. The quantitative estimate of drug-likeness (QED) is 0.789. The fourth-order valence-corrected chi connectivity index (χ4v) is 2.39. The number of benzene rings is 1. The third-order valence-corrected chi connectivity index (χ3v) is 3.39. The lowest BCUT2D eigenvalue weighted by Crippen LogP contribution is -2.13. The van der Waals surface area contributed by atoms with Crippen LogP contribution in [0.15, 0.2) is 42.7 Å². The molecule has 4 nitrogen and oxygen atoms in total. The highest BCUT2D eigenvalue weighted by atomic mass is 15.1. The van der Waals surface area contributed by atoms with Crippen LogP contribution >= 0.6 is 0 Å². The van der Waals surface area contributed by atoms with Crippen molar-refractivity contribution in [2.24, 2.45) is 0 Å². The zero-order chi connectivity index (χ0) is 13.9. The van der Waals surface area contributed by atoms with E-state index in [1.807, 2.05) is 31.5 Å². The van der Waals surface area contributed by atoms with Crippen LogP contribution in [-0.4, -0.2) is 21.1 Å². The second-order valence-electron chi connectivity index (χ2n) is 4.77. The van der Waals surface area contributed by atoms with Gasteiger partial charge in [0.2, 0.25) is 0 Å². The largest absolute Gasteiger partial charge is 0.311 e. The van der Waals surface area contributed by atoms with Crippen LogP contribution < -0.4 is 5.32 Å². The van der Waals surface area contributed by atoms with Gasteiger partial charge in [0.15, 0.2) is 0 Å². The summed E-state index contributed by atoms with van der Waals surface area (Å²) in [7, 11) is 0. The van der Waals surface area contributed by atoms with E-state index >= 15 is 0 Å². The van der Waals surface area contributed by atoms with Gasteiger partial charge in [0.05, 0.1) is 16.9 Å². The van der Waals surface area contributed by atoms with Gasteiger partial charge in [-0.3, -0.25) is 4.98 Å². The van der Waals surface area contributed by atoms with Crippen molar-refractivity contribution in [3.05, 3.63) is 54.2 Å². The first kappa shape index (κ1) is 12.8. The highest BCUT2D eigenvalue weighted by molar-refractivity contribution is 5.87. The summed E-state index contributed by atoms with van der Waals surface area (Å²) in [4.78, 5) is 9.04. The lowest BCUT2D eigenvalue weighted by molar-refractivity contribution is 0.712. The Morgan fingerprint density at radius 2 is 2.10 bits per heavy atom. The van der Waals surface area contributed by atoms with Crippen LogP contribution in [0.1, 0.15) is 18.4 Å². The molecular formula is C16H18N4. The zero-order valence-corrected chi connectivity index (χ0v) is 11.8. The van der Waals surface area contributed by atoms with Crippen molar-refractivity contribution >= 4 is 10.9 Å². The van der Waals surface area contributed by atoms with E-state index in [0.29, 0.717) is 0 Å². The van der Waals surface area contributed by atoms with E-state index in [9.17, 15) is 0 Å². The Hall–Kier alpha value is -2.20. The van der Waals surface area contributed by atoms with E-state index in [0.717, 1.165) is 41.2 Å². The zero-order valence-electron chi connectivity index (χ0n) is 11.8. The molecule has 2 aromatic heterocycles. The maximum Gasteiger partial charge on any atom is 0.110 e. The molecule has 0 radical (unpaired) electrons. The van der Waals surface area contributed by atoms with Gasteiger partial charge in [-0.05, 0) is 25.6 Å². The molecule has 4 heteroatoms. The smallest absolute Gasteiger partial charge is 0.110 e. The molecule has 0 amide bonds. The molecule has 1 aromatic carbocycles. The molecule has 0 saturated carbocycles. The van der Waals surface area contributed by atoms with Crippen LogP contribution in [0.25, 0.3) is 16.6 Å². The minimum Gasteiger partial charge on any atom is -0.311 e. The fraction of sp³-hybridized carbons (Fsp3) is 0.250. The number of imidazole rings is 1. The van der Waals surface area contributed by atoms with Gasteiger partial charge in [0.1, 0.15) is 5.82 Å². The standard InChI is InChI=1S/C16H18N4/c1-3-17-11-13-10-16(20-9-8-18-12(20)2)14-6-4-5-7-15(14)19-13/h4-10,17H,3,11H2,1-2H3. The second-order valence-corrected chi connectivity index (χ2v) is 4.77. The first-order chi connectivity index (χ1) is 9.79. The summed E-state index contributed by atoms with van der Waals surface area (Å²) >= 11 is 0. The molecular weight excluding hydrogens is 248 g/mol. The number of pyridine rings is 1. The molecule has 102 valence electrons. The maximum atomic E-state index is 4.72. The summed E-state index contributed by atoms with van der Waals surface area (Å²) in [5.41, 5.74) is 3.21. The Labute approximate surface area is 118 Å². The molecule has 0 bridgehead atoms. The third-order valence-electron chi connectivity index (χ3n) is 3.39. The van der Waals surface area contributed by atoms with Crippen molar-refractivity contribution in [1.82, 2.24) is 19.9 Å². The molecule has 0 aliphatic rings. The molecule has 3 aromatic rings. The summed E-state index contributed by atoms with van der Waals surface area (Å²) in [5, 5.41) is 4.48. The van der Waals surface area contributed by atoms with E-state index in [2.05, 4.69) is 40.0 Å². The van der Waals surface area contributed by atoms with Crippen molar-refractivity contribution in [3.63, 3.8) is 0 Å². The first-order valence-corrected chi connectivity index (χ1v) is 6.89. The van der Waals surface area contributed by atoms with E-state index in [-0.39, 0.29) is 0 Å². The van der Waals surface area contributed by atoms with Gasteiger partial charge >= 0.3 is 0 Å². The van der Waals surface area contributed by atoms with Gasteiger partial charge in [-0.2, -0.15) is 0 Å². The van der Waals surface area contributed by atoms with Crippen molar-refractivity contribution in [2.75, 3.05) is 6.54 Å². The third kappa shape index (κ3) is 2.30. The molecule has 0 unspecified atom stereocenters. The summed E-state index contributed by atoms with van der Waals surface area (Å²) in [5.74, 6) is 0.982. The van der Waals surface area contributed by atoms with Crippen LogP contribution in [0.4, 0.5) is 0 Å². The minimum atomic E-state index is 0.780. The summed E-state index contributed by atoms with van der Waals surface area (Å²) < 4.78 is 2.11. The van der Waals surface area contributed by atoms with Crippen LogP contribution in [0.5, 0.6) is 0 Å². The van der Waals surface area contributed by atoms with Gasteiger partial charge in [0, 0.05) is 24.3 Å². The summed E-state index contributed by atoms with van der Waals surface area (Å²) in [6, 6.07) is 10.4. The molecule has 0 saturated heterocycles. The maximum absolute atomic E-state index is 4.72. The average Bonchev–Trinajstić information content (AvgIpc) is 2.90. The fourth-order valence-electron chi connectivity index (χ4n) is 2.39. The Morgan fingerprint density at radius 3 is 2.85 bits per heavy atom. The molecule has 20 heavy (non-hydrogen) atoms. The van der Waals surface area contributed by atoms with Crippen LogP contribution in [0.3, 0.4) is 0 Å². The number of fused-ring (bicyclic) bond motifs is 1. The lowest BCUT2D eigenvalue weighted by Gasteiger charge is -2.12. The van der Waals surface area contributed by atoms with Crippen molar-refractivity contribution in [2.45, 2.75) is 20.4 Å². The van der Waals surface area contributed by atoms with Crippen LogP contribution in [0, 0.1) is 6.92 Å². The summed E-state index contributed by atoms with van der Waals surface area (Å²) in [6.07, 6.45) is 3.82. The molecule has 0 aliphatic carbocycles. The molecule has 0 atom stereocenters. The van der Waals surface area contributed by atoms with E-state index in [4.69, 9.17) is 4.98 Å². The van der Waals surface area contributed by atoms with E-state index in [1.165, 1.54) is 0 Å². The predicted molar refractivity (Wildman–Crippen MR) is 81.0 cm³/mol. The Morgan fingerprint density at radius 1 is 1.25 bits per heavy atom. The van der Waals surface area contributed by atoms with Gasteiger partial charge in [0.25, 0.3) is 0 Å². The number of aromatic nitrogens is 3. The van der Waals surface area contributed by atoms with Crippen molar-refractivity contribution in [3.8, 4) is 5.69 Å². The minimum absolute atomic E-state index is 0.780. The number of para-hydroxylation sites is 1. The number of rotatable bonds is 4. The molecule has 2 heterocycles. The Balaban J connectivity index is 2.20. The molecule has 0 aliphatic heterocycles. The monoisotopic (exact) mass is 266 g/mol. The second kappa shape index (κ2) is 5.43. The SMILES string of the molecule is CCNCc1cc(-n2ccnc2C)c2ccccc2n1. The number of hydrogen-bond acceptors (Lipinski definition) is 3. The molecule has 0 fully saturated rings. The molecule has 0 spiro atoms. The number of hydrogen-bond donors (Lipinski definition) is 1. The number of nitrogens with zero attached hydrogens (tertiary/aromatic N) is 3. The van der Waals surface area contributed by atoms with E-state index in [1.54, 1.807) is 0 Å². The predicted octanol–water partition coefficient (Wildman–Crippen LogP) is 2.84. The summed E-state index contributed by atoms with van der Waals surface area (Å²) in [6.45, 7) is 5.83. The number of aryl methyl sites for hydroxylation is 1. The molecule has 3 rings (SSSR count). The van der Waals surface area contributed by atoms with Crippen molar-refractivity contribution in [1.29, 1.82) is 0 Å². The Kier molecular flexibility index (Phi) is 3.48. The van der Waals surface area contributed by atoms with Gasteiger partial charge in [-0.25, -0.2) is 4.98 Å². The highest BCUT2D eigenvalue weighted by Crippen LogP contribution is 2.23. The lowest BCUT2D eigenvalue weighted by atomic mass is 10.1. The van der Waals surface area contributed by atoms with Crippen LogP contribution in [-0.2, 0) is 6.54 Å².